The van der Waals surface area contributed by atoms with E-state index in [1.165, 1.54) is 12.1 Å². The molecule has 2 N–H and O–H groups in total. The highest BCUT2D eigenvalue weighted by Gasteiger charge is 2.17. The molecule has 0 fully saturated rings. The normalized spacial score (nSPS) is 10.4. The molecule has 0 radical (unpaired) electrons. The number of anilines is 1. The Hall–Kier alpha value is -2.40. The van der Waals surface area contributed by atoms with Crippen LogP contribution in [0.15, 0.2) is 60.7 Å². The van der Waals surface area contributed by atoms with Gasteiger partial charge >= 0.3 is 0 Å². The van der Waals surface area contributed by atoms with Crippen molar-refractivity contribution in [1.82, 2.24) is 0 Å². The van der Waals surface area contributed by atoms with Crippen molar-refractivity contribution < 1.29 is 14.6 Å². The number of phenols is 1. The number of carbonyl (C=O) groups is 1. The zero-order valence-corrected chi connectivity index (χ0v) is 15.4. The molecule has 4 nitrogen and oxygen atoms in total. The topological polar surface area (TPSA) is 58.6 Å². The van der Waals surface area contributed by atoms with Gasteiger partial charge in [0.2, 0.25) is 0 Å². The number of rotatable bonds is 4. The van der Waals surface area contributed by atoms with Gasteiger partial charge in [-0.1, -0.05) is 53.0 Å². The number of hydrogen-bond donors (Lipinski definition) is 2. The highest BCUT2D eigenvalue weighted by Crippen LogP contribution is 2.33. The van der Waals surface area contributed by atoms with Crippen molar-refractivity contribution >= 4 is 46.4 Å². The lowest BCUT2D eigenvalue weighted by atomic mass is 10.1. The predicted molar refractivity (Wildman–Crippen MR) is 104 cm³/mol. The fourth-order valence-corrected chi connectivity index (χ4v) is 2.93. The number of hydrogen-bond acceptors (Lipinski definition) is 3. The summed E-state index contributed by atoms with van der Waals surface area (Å²) in [5.41, 5.74) is 0.302. The quantitative estimate of drug-likeness (QED) is 0.525. The van der Waals surface area contributed by atoms with Gasteiger partial charge in [-0.15, -0.1) is 0 Å². The summed E-state index contributed by atoms with van der Waals surface area (Å²) in [6.07, 6.45) is 0. The average Bonchev–Trinajstić information content (AvgIpc) is 2.61. The highest BCUT2D eigenvalue weighted by molar-refractivity contribution is 6.37. The lowest BCUT2D eigenvalue weighted by Gasteiger charge is -2.11. The first kappa shape index (κ1) is 18.4. The third kappa shape index (κ3) is 4.22. The van der Waals surface area contributed by atoms with Gasteiger partial charge in [0.25, 0.3) is 5.91 Å². The molecule has 0 atom stereocenters. The van der Waals surface area contributed by atoms with Crippen LogP contribution in [0.25, 0.3) is 0 Å². The monoisotopic (exact) mass is 407 g/mol. The maximum atomic E-state index is 12.4. The number of para-hydroxylation sites is 1. The van der Waals surface area contributed by atoms with Gasteiger partial charge in [-0.25, -0.2) is 0 Å². The van der Waals surface area contributed by atoms with E-state index in [1.807, 2.05) is 30.3 Å². The second-order valence-corrected chi connectivity index (χ2v) is 6.55. The van der Waals surface area contributed by atoms with E-state index in [-0.39, 0.29) is 26.4 Å². The number of phenolic OH excluding ortho intramolecular Hbond substituents is 1. The van der Waals surface area contributed by atoms with Crippen molar-refractivity contribution in [3.8, 4) is 17.2 Å². The van der Waals surface area contributed by atoms with Gasteiger partial charge in [0.15, 0.2) is 0 Å². The second-order valence-electron chi connectivity index (χ2n) is 5.29. The van der Waals surface area contributed by atoms with Gasteiger partial charge in [0, 0.05) is 11.1 Å². The van der Waals surface area contributed by atoms with E-state index < -0.39 is 5.91 Å². The smallest absolute Gasteiger partial charge is 0.259 e. The summed E-state index contributed by atoms with van der Waals surface area (Å²) in [7, 11) is 0. The number of carbonyl (C=O) groups excluding carboxylic acids is 1. The standard InChI is InChI=1S/C19H12Cl3NO3/c20-11-8-14(18(24)16(22)9-11)19(25)23-17-7-6-13(10-15(17)21)26-12-4-2-1-3-5-12/h1-10,24H,(H,23,25). The Labute approximate surface area is 164 Å². The number of aromatic hydroxyl groups is 1. The summed E-state index contributed by atoms with van der Waals surface area (Å²) in [6, 6.07) is 16.7. The summed E-state index contributed by atoms with van der Waals surface area (Å²) >= 11 is 17.9. The van der Waals surface area contributed by atoms with Gasteiger partial charge < -0.3 is 15.2 Å². The third-order valence-electron chi connectivity index (χ3n) is 3.44. The van der Waals surface area contributed by atoms with Crippen LogP contribution in [0.1, 0.15) is 10.4 Å². The molecule has 0 heterocycles. The van der Waals surface area contributed by atoms with Crippen LogP contribution in [-0.2, 0) is 0 Å². The van der Waals surface area contributed by atoms with Crippen molar-refractivity contribution in [3.05, 3.63) is 81.3 Å². The van der Waals surface area contributed by atoms with Crippen molar-refractivity contribution in [2.45, 2.75) is 0 Å². The van der Waals surface area contributed by atoms with E-state index in [0.717, 1.165) is 0 Å². The van der Waals surface area contributed by atoms with Crippen LogP contribution in [0.2, 0.25) is 15.1 Å². The average molecular weight is 409 g/mol. The van der Waals surface area contributed by atoms with Crippen LogP contribution in [0.3, 0.4) is 0 Å². The number of halogens is 3. The zero-order valence-electron chi connectivity index (χ0n) is 13.2. The molecule has 0 aromatic heterocycles. The van der Waals surface area contributed by atoms with Gasteiger partial charge in [0.05, 0.1) is 21.3 Å². The molecular weight excluding hydrogens is 397 g/mol. The van der Waals surface area contributed by atoms with E-state index in [1.54, 1.807) is 18.2 Å². The lowest BCUT2D eigenvalue weighted by molar-refractivity contribution is 0.102. The Kier molecular flexibility index (Phi) is 5.57. The Morgan fingerprint density at radius 3 is 2.31 bits per heavy atom. The second kappa shape index (κ2) is 7.87. The van der Waals surface area contributed by atoms with Crippen LogP contribution >= 0.6 is 34.8 Å². The molecule has 0 unspecified atom stereocenters. The highest BCUT2D eigenvalue weighted by atomic mass is 35.5. The molecule has 132 valence electrons. The van der Waals surface area contributed by atoms with Crippen molar-refractivity contribution in [3.63, 3.8) is 0 Å². The van der Waals surface area contributed by atoms with Crippen molar-refractivity contribution in [2.75, 3.05) is 5.32 Å². The van der Waals surface area contributed by atoms with E-state index >= 15 is 0 Å². The molecule has 3 rings (SSSR count). The SMILES string of the molecule is O=C(Nc1ccc(Oc2ccccc2)cc1Cl)c1cc(Cl)cc(Cl)c1O. The molecule has 0 saturated carbocycles. The molecule has 0 spiro atoms. The molecular formula is C19H12Cl3NO3. The fraction of sp³-hybridized carbons (Fsp3) is 0. The first-order chi connectivity index (χ1) is 12.4. The minimum absolute atomic E-state index is 0.0136. The number of ether oxygens (including phenoxy) is 1. The van der Waals surface area contributed by atoms with Crippen molar-refractivity contribution in [2.24, 2.45) is 0 Å². The largest absolute Gasteiger partial charge is 0.506 e. The summed E-state index contributed by atoms with van der Waals surface area (Å²) in [5.74, 6) is 0.242. The minimum atomic E-state index is -0.592. The Morgan fingerprint density at radius 2 is 1.62 bits per heavy atom. The maximum absolute atomic E-state index is 12.4. The molecule has 0 aliphatic heterocycles. The molecule has 0 bridgehead atoms. The summed E-state index contributed by atoms with van der Waals surface area (Å²) in [6.45, 7) is 0. The van der Waals surface area contributed by atoms with Crippen LogP contribution < -0.4 is 10.1 Å². The molecule has 26 heavy (non-hydrogen) atoms. The van der Waals surface area contributed by atoms with Crippen LogP contribution in [0.4, 0.5) is 5.69 Å². The van der Waals surface area contributed by atoms with Gasteiger partial charge in [-0.2, -0.15) is 0 Å². The van der Waals surface area contributed by atoms with E-state index in [2.05, 4.69) is 5.32 Å². The Bertz CT molecular complexity index is 962. The maximum Gasteiger partial charge on any atom is 0.259 e. The third-order valence-corrected chi connectivity index (χ3v) is 4.26. The molecule has 0 aliphatic rings. The Balaban J connectivity index is 1.79. The molecule has 3 aromatic rings. The summed E-state index contributed by atoms with van der Waals surface area (Å²) < 4.78 is 5.68. The summed E-state index contributed by atoms with van der Waals surface area (Å²) in [4.78, 5) is 12.4. The molecule has 7 heteroatoms. The Morgan fingerprint density at radius 1 is 0.885 bits per heavy atom. The zero-order chi connectivity index (χ0) is 18.7. The molecule has 1 amide bonds. The van der Waals surface area contributed by atoms with Crippen LogP contribution in [-0.4, -0.2) is 11.0 Å². The van der Waals surface area contributed by atoms with Gasteiger partial charge in [-0.3, -0.25) is 4.79 Å². The van der Waals surface area contributed by atoms with E-state index in [0.29, 0.717) is 17.2 Å². The summed E-state index contributed by atoms with van der Waals surface area (Å²) in [5, 5.41) is 13.0. The fourth-order valence-electron chi connectivity index (χ4n) is 2.21. The van der Waals surface area contributed by atoms with Gasteiger partial charge in [0.1, 0.15) is 17.2 Å². The van der Waals surface area contributed by atoms with Crippen molar-refractivity contribution in [1.29, 1.82) is 0 Å². The molecule has 3 aromatic carbocycles. The number of amides is 1. The van der Waals surface area contributed by atoms with Crippen LogP contribution in [0.5, 0.6) is 17.2 Å². The number of benzene rings is 3. The van der Waals surface area contributed by atoms with E-state index in [9.17, 15) is 9.90 Å². The minimum Gasteiger partial charge on any atom is -0.506 e. The van der Waals surface area contributed by atoms with Crippen LogP contribution in [0, 0.1) is 0 Å². The van der Waals surface area contributed by atoms with Gasteiger partial charge in [-0.05, 0) is 36.4 Å². The lowest BCUT2D eigenvalue weighted by Crippen LogP contribution is -2.12. The predicted octanol–water partition coefficient (Wildman–Crippen LogP) is 6.40. The first-order valence-electron chi connectivity index (χ1n) is 7.46. The molecule has 0 aliphatic carbocycles. The molecule has 0 saturated heterocycles. The number of nitrogens with one attached hydrogen (secondary N) is 1. The first-order valence-corrected chi connectivity index (χ1v) is 8.59. The van der Waals surface area contributed by atoms with E-state index in [4.69, 9.17) is 39.5 Å².